The smallest absolute Gasteiger partial charge is 0.166 e. The molecule has 0 aliphatic heterocycles. The molecule has 1 aromatic heterocycles. The van der Waals surface area contributed by atoms with Crippen molar-refractivity contribution in [2.45, 2.75) is 5.16 Å². The second-order valence-electron chi connectivity index (χ2n) is 2.41. The summed E-state index contributed by atoms with van der Waals surface area (Å²) in [5.74, 6) is 0. The van der Waals surface area contributed by atoms with Gasteiger partial charge in [0, 0.05) is 5.02 Å². The van der Waals surface area contributed by atoms with Gasteiger partial charge >= 0.3 is 0 Å². The second kappa shape index (κ2) is 2.99. The Hall–Kier alpha value is -0.670. The molecule has 0 bridgehead atoms. The van der Waals surface area contributed by atoms with Crippen LogP contribution in [0.1, 0.15) is 0 Å². The molecule has 0 saturated heterocycles. The minimum Gasteiger partial charge on any atom is -0.333 e. The average Bonchev–Trinajstić information content (AvgIpc) is 2.46. The Morgan fingerprint density at radius 2 is 2.33 bits per heavy atom. The third-order valence-electron chi connectivity index (χ3n) is 1.62. The lowest BCUT2D eigenvalue weighted by atomic mass is 10.3. The summed E-state index contributed by atoms with van der Waals surface area (Å²) >= 11 is 7.41. The number of hydrogen-bond donors (Lipinski definition) is 1. The van der Waals surface area contributed by atoms with Crippen LogP contribution in [-0.4, -0.2) is 16.2 Å². The summed E-state index contributed by atoms with van der Waals surface area (Å²) in [6.45, 7) is 0. The van der Waals surface area contributed by atoms with Crippen LogP contribution in [0.5, 0.6) is 0 Å². The van der Waals surface area contributed by atoms with Crippen LogP contribution in [0.4, 0.5) is 0 Å². The highest BCUT2D eigenvalue weighted by atomic mass is 35.5. The highest BCUT2D eigenvalue weighted by Gasteiger charge is 2.00. The van der Waals surface area contributed by atoms with Gasteiger partial charge in [0.05, 0.1) is 11.0 Å². The van der Waals surface area contributed by atoms with Gasteiger partial charge in [-0.15, -0.1) is 0 Å². The van der Waals surface area contributed by atoms with E-state index in [4.69, 9.17) is 11.6 Å². The van der Waals surface area contributed by atoms with Crippen molar-refractivity contribution in [2.75, 3.05) is 6.26 Å². The summed E-state index contributed by atoms with van der Waals surface area (Å²) in [6, 6.07) is 5.63. The Kier molecular flexibility index (Phi) is 1.98. The number of aromatic nitrogens is 2. The summed E-state index contributed by atoms with van der Waals surface area (Å²) in [7, 11) is 0. The number of halogens is 1. The normalized spacial score (nSPS) is 10.8. The van der Waals surface area contributed by atoms with E-state index in [1.807, 2.05) is 24.5 Å². The molecule has 4 heteroatoms. The van der Waals surface area contributed by atoms with Crippen molar-refractivity contribution in [3.8, 4) is 0 Å². The predicted molar refractivity (Wildman–Crippen MR) is 52.9 cm³/mol. The summed E-state index contributed by atoms with van der Waals surface area (Å²) < 4.78 is 0. The van der Waals surface area contributed by atoms with Gasteiger partial charge in [-0.05, 0) is 24.5 Å². The van der Waals surface area contributed by atoms with Crippen LogP contribution in [0, 0.1) is 0 Å². The van der Waals surface area contributed by atoms with Crippen molar-refractivity contribution in [1.29, 1.82) is 0 Å². The van der Waals surface area contributed by atoms with E-state index in [0.717, 1.165) is 21.2 Å². The number of benzene rings is 1. The summed E-state index contributed by atoms with van der Waals surface area (Å²) in [4.78, 5) is 7.47. The number of nitrogens with one attached hydrogen (secondary N) is 1. The molecule has 0 aliphatic carbocycles. The molecule has 2 aromatic rings. The van der Waals surface area contributed by atoms with E-state index in [9.17, 15) is 0 Å². The molecule has 0 unspecified atom stereocenters. The monoisotopic (exact) mass is 198 g/mol. The van der Waals surface area contributed by atoms with Crippen molar-refractivity contribution < 1.29 is 0 Å². The number of rotatable bonds is 1. The van der Waals surface area contributed by atoms with E-state index < -0.39 is 0 Å². The number of imidazole rings is 1. The fourth-order valence-corrected chi connectivity index (χ4v) is 1.63. The predicted octanol–water partition coefficient (Wildman–Crippen LogP) is 2.94. The zero-order valence-corrected chi connectivity index (χ0v) is 8.04. The SMILES string of the molecule is CSc1nc2ccc(Cl)cc2[nH]1. The molecule has 0 atom stereocenters. The summed E-state index contributed by atoms with van der Waals surface area (Å²) in [6.07, 6.45) is 1.99. The Morgan fingerprint density at radius 3 is 3.08 bits per heavy atom. The van der Waals surface area contributed by atoms with Gasteiger partial charge in [-0.25, -0.2) is 4.98 Å². The summed E-state index contributed by atoms with van der Waals surface area (Å²) in [5, 5.41) is 1.66. The van der Waals surface area contributed by atoms with Gasteiger partial charge in [-0.1, -0.05) is 23.4 Å². The number of H-pyrrole nitrogens is 1. The standard InChI is InChI=1S/C8H7ClN2S/c1-12-8-10-6-3-2-5(9)4-7(6)11-8/h2-4H,1H3,(H,10,11). The van der Waals surface area contributed by atoms with Crippen LogP contribution < -0.4 is 0 Å². The number of thioether (sulfide) groups is 1. The molecular formula is C8H7ClN2S. The molecule has 0 fully saturated rings. The molecule has 2 nitrogen and oxygen atoms in total. The second-order valence-corrected chi connectivity index (χ2v) is 3.64. The van der Waals surface area contributed by atoms with Crippen LogP contribution in [0.25, 0.3) is 11.0 Å². The minimum atomic E-state index is 0.735. The average molecular weight is 199 g/mol. The number of nitrogens with zero attached hydrogens (tertiary/aromatic N) is 1. The van der Waals surface area contributed by atoms with Crippen LogP contribution >= 0.6 is 23.4 Å². The van der Waals surface area contributed by atoms with E-state index in [2.05, 4.69) is 9.97 Å². The Morgan fingerprint density at radius 1 is 1.50 bits per heavy atom. The van der Waals surface area contributed by atoms with E-state index in [1.165, 1.54) is 0 Å². The maximum Gasteiger partial charge on any atom is 0.166 e. The van der Waals surface area contributed by atoms with Crippen LogP contribution in [0.15, 0.2) is 23.4 Å². The molecular weight excluding hydrogens is 192 g/mol. The van der Waals surface area contributed by atoms with Crippen LogP contribution in [0.3, 0.4) is 0 Å². The van der Waals surface area contributed by atoms with Gasteiger partial charge < -0.3 is 4.98 Å². The largest absolute Gasteiger partial charge is 0.333 e. The van der Waals surface area contributed by atoms with Gasteiger partial charge in [-0.3, -0.25) is 0 Å². The zero-order chi connectivity index (χ0) is 8.55. The first kappa shape index (κ1) is 7.95. The van der Waals surface area contributed by atoms with E-state index in [-0.39, 0.29) is 0 Å². The van der Waals surface area contributed by atoms with E-state index >= 15 is 0 Å². The molecule has 1 heterocycles. The van der Waals surface area contributed by atoms with Crippen molar-refractivity contribution in [3.05, 3.63) is 23.2 Å². The first-order chi connectivity index (χ1) is 5.79. The highest BCUT2D eigenvalue weighted by Crippen LogP contribution is 2.20. The van der Waals surface area contributed by atoms with E-state index in [0.29, 0.717) is 0 Å². The van der Waals surface area contributed by atoms with E-state index in [1.54, 1.807) is 11.8 Å². The molecule has 1 aromatic carbocycles. The number of fused-ring (bicyclic) bond motifs is 1. The minimum absolute atomic E-state index is 0.735. The lowest BCUT2D eigenvalue weighted by Gasteiger charge is -1.87. The molecule has 1 N–H and O–H groups in total. The molecule has 12 heavy (non-hydrogen) atoms. The molecule has 0 saturated carbocycles. The molecule has 0 radical (unpaired) electrons. The fourth-order valence-electron chi connectivity index (χ4n) is 1.06. The molecule has 0 aliphatic rings. The molecule has 2 rings (SSSR count). The number of aromatic amines is 1. The first-order valence-electron chi connectivity index (χ1n) is 3.49. The maximum absolute atomic E-state index is 5.82. The third kappa shape index (κ3) is 1.30. The van der Waals surface area contributed by atoms with Crippen LogP contribution in [-0.2, 0) is 0 Å². The quantitative estimate of drug-likeness (QED) is 0.714. The van der Waals surface area contributed by atoms with Crippen molar-refractivity contribution in [2.24, 2.45) is 0 Å². The summed E-state index contributed by atoms with van der Waals surface area (Å²) in [5.41, 5.74) is 1.95. The Balaban J connectivity index is 2.67. The third-order valence-corrected chi connectivity index (χ3v) is 2.43. The Labute approximate surface area is 79.3 Å². The molecule has 0 spiro atoms. The number of hydrogen-bond acceptors (Lipinski definition) is 2. The van der Waals surface area contributed by atoms with Crippen molar-refractivity contribution >= 4 is 34.4 Å². The Bertz CT molecular complexity index is 410. The zero-order valence-electron chi connectivity index (χ0n) is 6.47. The van der Waals surface area contributed by atoms with Gasteiger partial charge in [0.15, 0.2) is 5.16 Å². The van der Waals surface area contributed by atoms with Crippen molar-refractivity contribution in [1.82, 2.24) is 9.97 Å². The van der Waals surface area contributed by atoms with Gasteiger partial charge in [0.25, 0.3) is 0 Å². The first-order valence-corrected chi connectivity index (χ1v) is 5.09. The molecule has 0 amide bonds. The maximum atomic E-state index is 5.82. The highest BCUT2D eigenvalue weighted by molar-refractivity contribution is 7.98. The van der Waals surface area contributed by atoms with Crippen LogP contribution in [0.2, 0.25) is 5.02 Å². The van der Waals surface area contributed by atoms with Gasteiger partial charge in [0.2, 0.25) is 0 Å². The lowest BCUT2D eigenvalue weighted by molar-refractivity contribution is 1.09. The van der Waals surface area contributed by atoms with Gasteiger partial charge in [0.1, 0.15) is 0 Å². The topological polar surface area (TPSA) is 28.7 Å². The van der Waals surface area contributed by atoms with Crippen molar-refractivity contribution in [3.63, 3.8) is 0 Å². The molecule has 62 valence electrons. The lowest BCUT2D eigenvalue weighted by Crippen LogP contribution is -1.67. The van der Waals surface area contributed by atoms with Gasteiger partial charge in [-0.2, -0.15) is 0 Å². The fraction of sp³-hybridized carbons (Fsp3) is 0.125.